The molecule has 1 fully saturated rings. The molecule has 0 aromatic carbocycles. The molecule has 1 N–H and O–H groups in total. The number of ketones is 1. The summed E-state index contributed by atoms with van der Waals surface area (Å²) >= 11 is 0. The minimum atomic E-state index is -1.99. The minimum absolute atomic E-state index is 0.00300. The van der Waals surface area contributed by atoms with Gasteiger partial charge in [0.05, 0.1) is 19.0 Å². The number of aliphatic hydroxyl groups is 1. The van der Waals surface area contributed by atoms with Crippen molar-refractivity contribution in [1.82, 2.24) is 0 Å². The van der Waals surface area contributed by atoms with Crippen molar-refractivity contribution < 1.29 is 23.8 Å². The molecule has 2 aliphatic carbocycles. The third-order valence-electron chi connectivity index (χ3n) is 8.12. The second-order valence-corrected chi connectivity index (χ2v) is 16.0. The van der Waals surface area contributed by atoms with Crippen LogP contribution in [-0.2, 0) is 18.7 Å². The number of carbonyl (C=O) groups is 1. The minimum Gasteiger partial charge on any atom is -0.547 e. The van der Waals surface area contributed by atoms with Crippen molar-refractivity contribution in [2.45, 2.75) is 90.8 Å². The van der Waals surface area contributed by atoms with Crippen LogP contribution in [0.15, 0.2) is 23.5 Å². The van der Waals surface area contributed by atoms with E-state index in [9.17, 15) is 9.90 Å². The van der Waals surface area contributed by atoms with Gasteiger partial charge < -0.3 is 19.0 Å². The van der Waals surface area contributed by atoms with Gasteiger partial charge in [-0.2, -0.15) is 0 Å². The summed E-state index contributed by atoms with van der Waals surface area (Å²) in [5, 5.41) is 11.1. The van der Waals surface area contributed by atoms with E-state index in [4.69, 9.17) is 13.9 Å². The van der Waals surface area contributed by atoms with Gasteiger partial charge in [0.15, 0.2) is 11.6 Å². The lowest BCUT2D eigenvalue weighted by Crippen LogP contribution is -2.54. The highest BCUT2D eigenvalue weighted by molar-refractivity contribution is 6.74. The Labute approximate surface area is 183 Å². The fourth-order valence-electron chi connectivity index (χ4n) is 4.98. The van der Waals surface area contributed by atoms with Crippen LogP contribution < -0.4 is 0 Å². The number of ether oxygens (including phenoxy) is 2. The number of hydrogen-bond acceptors (Lipinski definition) is 5. The molecular formula is C24H40O5Si. The van der Waals surface area contributed by atoms with Gasteiger partial charge >= 0.3 is 0 Å². The Hall–Kier alpha value is -0.953. The van der Waals surface area contributed by atoms with Crippen molar-refractivity contribution in [3.63, 3.8) is 0 Å². The van der Waals surface area contributed by atoms with Gasteiger partial charge in [0.25, 0.3) is 0 Å². The Morgan fingerprint density at radius 1 is 1.23 bits per heavy atom. The van der Waals surface area contributed by atoms with Crippen LogP contribution in [0, 0.1) is 17.3 Å². The molecule has 170 valence electrons. The van der Waals surface area contributed by atoms with Crippen molar-refractivity contribution in [1.29, 1.82) is 0 Å². The monoisotopic (exact) mass is 436 g/mol. The fraction of sp³-hybridized carbons (Fsp3) is 0.792. The highest BCUT2D eigenvalue weighted by Crippen LogP contribution is 2.55. The molecule has 0 radical (unpaired) electrons. The molecule has 0 unspecified atom stereocenters. The van der Waals surface area contributed by atoms with Crippen LogP contribution in [0.4, 0.5) is 0 Å². The van der Waals surface area contributed by atoms with Crippen molar-refractivity contribution >= 4 is 14.1 Å². The molecule has 1 saturated heterocycles. The maximum Gasteiger partial charge on any atom is 0.250 e. The Morgan fingerprint density at radius 3 is 2.40 bits per heavy atom. The van der Waals surface area contributed by atoms with Crippen molar-refractivity contribution in [2.75, 3.05) is 13.2 Å². The molecule has 5 nitrogen and oxygen atoms in total. The van der Waals surface area contributed by atoms with Crippen LogP contribution in [-0.4, -0.2) is 44.3 Å². The second-order valence-electron chi connectivity index (χ2n) is 11.3. The van der Waals surface area contributed by atoms with Crippen molar-refractivity contribution in [3.8, 4) is 0 Å². The van der Waals surface area contributed by atoms with Crippen LogP contribution in [0.2, 0.25) is 18.1 Å². The molecule has 4 atom stereocenters. The van der Waals surface area contributed by atoms with E-state index in [1.54, 1.807) is 6.08 Å². The van der Waals surface area contributed by atoms with Crippen LogP contribution in [0.3, 0.4) is 0 Å². The highest BCUT2D eigenvalue weighted by atomic mass is 28.4. The normalized spacial score (nSPS) is 34.3. The van der Waals surface area contributed by atoms with Crippen LogP contribution in [0.1, 0.15) is 60.8 Å². The van der Waals surface area contributed by atoms with Crippen LogP contribution in [0.25, 0.3) is 0 Å². The third-order valence-corrected chi connectivity index (χ3v) is 12.5. The summed E-state index contributed by atoms with van der Waals surface area (Å²) in [5.74, 6) is 0.327. The molecule has 30 heavy (non-hydrogen) atoms. The summed E-state index contributed by atoms with van der Waals surface area (Å²) in [6, 6.07) is 0. The first-order valence-corrected chi connectivity index (χ1v) is 14.2. The molecule has 0 aromatic heterocycles. The van der Waals surface area contributed by atoms with Gasteiger partial charge in [-0.3, -0.25) is 4.79 Å². The van der Waals surface area contributed by atoms with Gasteiger partial charge in [-0.05, 0) is 62.4 Å². The molecule has 0 saturated carbocycles. The zero-order valence-electron chi connectivity index (χ0n) is 20.0. The first-order chi connectivity index (χ1) is 13.7. The highest BCUT2D eigenvalue weighted by Gasteiger charge is 2.54. The molecule has 1 aliphatic heterocycles. The Morgan fingerprint density at radius 2 is 1.83 bits per heavy atom. The van der Waals surface area contributed by atoms with E-state index in [0.717, 1.165) is 24.2 Å². The maximum atomic E-state index is 12.6. The molecule has 0 bridgehead atoms. The van der Waals surface area contributed by atoms with Gasteiger partial charge in [-0.1, -0.05) is 33.3 Å². The average molecular weight is 437 g/mol. The first-order valence-electron chi connectivity index (χ1n) is 11.3. The van der Waals surface area contributed by atoms with Crippen LogP contribution in [0.5, 0.6) is 0 Å². The molecule has 3 rings (SSSR count). The largest absolute Gasteiger partial charge is 0.547 e. The smallest absolute Gasteiger partial charge is 0.250 e. The molecule has 1 heterocycles. The molecule has 6 heteroatoms. The maximum absolute atomic E-state index is 12.6. The number of rotatable bonds is 5. The van der Waals surface area contributed by atoms with E-state index in [1.165, 1.54) is 0 Å². The second kappa shape index (κ2) is 7.87. The van der Waals surface area contributed by atoms with Gasteiger partial charge in [0.1, 0.15) is 6.10 Å². The summed E-state index contributed by atoms with van der Waals surface area (Å²) in [4.78, 5) is 12.6. The summed E-state index contributed by atoms with van der Waals surface area (Å²) < 4.78 is 18.3. The standard InChI is InChI=1S/C24H40O5Si/c1-16-13-20(25)21(26)24(6)17(9-10-23(5)27-11-12-28-23)14-18(15-19(16)24)29-30(7,8)22(2,3)4/h13-14,17,19,21,26H,9-12,15H2,1-8H3/t17-,19-,21-,24+/m0/s1. The summed E-state index contributed by atoms with van der Waals surface area (Å²) in [7, 11) is -1.99. The molecule has 0 spiro atoms. The van der Waals surface area contributed by atoms with E-state index >= 15 is 0 Å². The summed E-state index contributed by atoms with van der Waals surface area (Å²) in [5.41, 5.74) is 0.493. The lowest BCUT2D eigenvalue weighted by Gasteiger charge is -2.52. The quantitative estimate of drug-likeness (QED) is 0.617. The van der Waals surface area contributed by atoms with E-state index < -0.39 is 25.6 Å². The van der Waals surface area contributed by atoms with Gasteiger partial charge in [0, 0.05) is 18.3 Å². The summed E-state index contributed by atoms with van der Waals surface area (Å²) in [6.07, 6.45) is 5.05. The average Bonchev–Trinajstić information content (AvgIpc) is 3.05. The predicted octanol–water partition coefficient (Wildman–Crippen LogP) is 4.97. The van der Waals surface area contributed by atoms with Gasteiger partial charge in [-0.15, -0.1) is 0 Å². The van der Waals surface area contributed by atoms with E-state index in [1.807, 2.05) is 13.8 Å². The van der Waals surface area contributed by atoms with E-state index in [2.05, 4.69) is 46.9 Å². The topological polar surface area (TPSA) is 65.0 Å². The zero-order chi connectivity index (χ0) is 22.5. The first kappa shape index (κ1) is 23.7. The zero-order valence-corrected chi connectivity index (χ0v) is 21.0. The van der Waals surface area contributed by atoms with Crippen molar-refractivity contribution in [3.05, 3.63) is 23.5 Å². The lowest BCUT2D eigenvalue weighted by molar-refractivity contribution is -0.155. The molecule has 0 aromatic rings. The Kier molecular flexibility index (Phi) is 6.22. The summed E-state index contributed by atoms with van der Waals surface area (Å²) in [6.45, 7) is 18.5. The third kappa shape index (κ3) is 4.21. The molecular weight excluding hydrogens is 396 g/mol. The van der Waals surface area contributed by atoms with Crippen LogP contribution >= 0.6 is 0 Å². The number of carbonyl (C=O) groups excluding carboxylic acids is 1. The Bertz CT molecular complexity index is 741. The lowest BCUT2D eigenvalue weighted by atomic mass is 9.54. The van der Waals surface area contributed by atoms with Gasteiger partial charge in [-0.25, -0.2) is 0 Å². The van der Waals surface area contributed by atoms with Crippen molar-refractivity contribution in [2.24, 2.45) is 17.3 Å². The molecule has 3 aliphatic rings. The number of allylic oxidation sites excluding steroid dienone is 3. The predicted molar refractivity (Wildman–Crippen MR) is 120 cm³/mol. The Balaban J connectivity index is 1.94. The van der Waals surface area contributed by atoms with E-state index in [-0.39, 0.29) is 22.7 Å². The SMILES string of the molecule is CC1=CC(=O)[C@H](O)[C@]2(C)[C@@H](CCC3(C)OCCO3)C=C(O[Si](C)(C)C(C)(C)C)C[C@@H]12. The van der Waals surface area contributed by atoms with E-state index in [0.29, 0.717) is 19.6 Å². The number of hydrogen-bond donors (Lipinski definition) is 1. The fourth-order valence-corrected chi connectivity index (χ4v) is 6.09. The number of aliphatic hydroxyl groups excluding tert-OH is 1. The molecule has 0 amide bonds. The number of fused-ring (bicyclic) bond motifs is 1. The van der Waals surface area contributed by atoms with Gasteiger partial charge in [0.2, 0.25) is 8.32 Å².